The number of ketones is 1. The Morgan fingerprint density at radius 3 is 2.76 bits per heavy atom. The Labute approximate surface area is 171 Å². The summed E-state index contributed by atoms with van der Waals surface area (Å²) < 4.78 is 5.38. The van der Waals surface area contributed by atoms with Gasteiger partial charge >= 0.3 is 0 Å². The number of hydrogen-bond donors (Lipinski definition) is 0. The number of anilines is 1. The molecule has 1 unspecified atom stereocenters. The number of allylic oxidation sites excluding steroid dienone is 1. The molecule has 4 rings (SSSR count). The van der Waals surface area contributed by atoms with Gasteiger partial charge in [0.15, 0.2) is 5.78 Å². The van der Waals surface area contributed by atoms with Crippen LogP contribution in [0.4, 0.5) is 5.69 Å². The van der Waals surface area contributed by atoms with Gasteiger partial charge in [0.1, 0.15) is 5.82 Å². The molecular formula is C22H28N4O3. The van der Waals surface area contributed by atoms with Crippen LogP contribution in [0.25, 0.3) is 0 Å². The molecule has 3 aliphatic rings. The summed E-state index contributed by atoms with van der Waals surface area (Å²) in [6.07, 6.45) is 1.99. The molecule has 0 spiro atoms. The van der Waals surface area contributed by atoms with E-state index in [2.05, 4.69) is 35.0 Å². The van der Waals surface area contributed by atoms with Crippen LogP contribution in [0.5, 0.6) is 0 Å². The Morgan fingerprint density at radius 1 is 1.24 bits per heavy atom. The molecule has 1 fully saturated rings. The highest BCUT2D eigenvalue weighted by Crippen LogP contribution is 2.36. The molecule has 0 aromatic heterocycles. The summed E-state index contributed by atoms with van der Waals surface area (Å²) in [6, 6.07) is 8.12. The molecule has 0 N–H and O–H groups in total. The van der Waals surface area contributed by atoms with Gasteiger partial charge in [0, 0.05) is 56.0 Å². The number of carbonyl (C=O) groups is 2. The molecular weight excluding hydrogens is 368 g/mol. The van der Waals surface area contributed by atoms with E-state index in [1.807, 2.05) is 23.1 Å². The summed E-state index contributed by atoms with van der Waals surface area (Å²) in [7, 11) is 4.10. The minimum Gasteiger partial charge on any atom is -0.378 e. The lowest BCUT2D eigenvalue weighted by atomic mass is 10.0. The van der Waals surface area contributed by atoms with Crippen LogP contribution in [-0.4, -0.2) is 80.7 Å². The fraction of sp³-hybridized carbons (Fsp3) is 0.500. The highest BCUT2D eigenvalue weighted by atomic mass is 16.5. The molecule has 1 aromatic carbocycles. The summed E-state index contributed by atoms with van der Waals surface area (Å²) in [5.74, 6) is 0.980. The molecule has 0 aliphatic carbocycles. The van der Waals surface area contributed by atoms with Crippen molar-refractivity contribution < 1.29 is 14.3 Å². The van der Waals surface area contributed by atoms with Crippen LogP contribution in [0.2, 0.25) is 0 Å². The van der Waals surface area contributed by atoms with Gasteiger partial charge in [0.05, 0.1) is 19.6 Å². The lowest BCUT2D eigenvalue weighted by Crippen LogP contribution is -2.37. The van der Waals surface area contributed by atoms with Crippen LogP contribution in [0.3, 0.4) is 0 Å². The number of benzene rings is 1. The van der Waals surface area contributed by atoms with Crippen LogP contribution in [0.15, 0.2) is 41.2 Å². The van der Waals surface area contributed by atoms with Crippen molar-refractivity contribution in [2.75, 3.05) is 58.4 Å². The van der Waals surface area contributed by atoms with Gasteiger partial charge in [-0.15, -0.1) is 0 Å². The standard InChI is InChI=1S/C22H28N4O3/c1-24(2)14-16-15-26(20-6-4-3-5-19(16)20)22(28)12-17-11-18(27)13-21(23-17)25-7-9-29-10-8-25/h3-6,13,16H,7-12,14-15H2,1-2H3. The first kappa shape index (κ1) is 19.8. The average molecular weight is 396 g/mol. The second-order valence-electron chi connectivity index (χ2n) is 8.12. The van der Waals surface area contributed by atoms with Crippen LogP contribution in [0, 0.1) is 0 Å². The first-order valence-electron chi connectivity index (χ1n) is 10.2. The quantitative estimate of drug-likeness (QED) is 0.757. The number of fused-ring (bicyclic) bond motifs is 1. The largest absolute Gasteiger partial charge is 0.378 e. The summed E-state index contributed by atoms with van der Waals surface area (Å²) in [4.78, 5) is 36.2. The third kappa shape index (κ3) is 4.41. The third-order valence-electron chi connectivity index (χ3n) is 5.59. The highest BCUT2D eigenvalue weighted by Gasteiger charge is 2.33. The fourth-order valence-corrected chi connectivity index (χ4v) is 4.29. The normalized spacial score (nSPS) is 21.9. The Kier molecular flexibility index (Phi) is 5.78. The van der Waals surface area contributed by atoms with Gasteiger partial charge in [-0.3, -0.25) is 9.59 Å². The zero-order valence-electron chi connectivity index (χ0n) is 17.1. The maximum atomic E-state index is 13.2. The number of aliphatic imine (C=N–C) groups is 1. The predicted molar refractivity (Wildman–Crippen MR) is 112 cm³/mol. The molecule has 7 nitrogen and oxygen atoms in total. The van der Waals surface area contributed by atoms with E-state index >= 15 is 0 Å². The second-order valence-corrected chi connectivity index (χ2v) is 8.12. The van der Waals surface area contributed by atoms with Gasteiger partial charge in [-0.1, -0.05) is 18.2 Å². The molecule has 7 heteroatoms. The van der Waals surface area contributed by atoms with Gasteiger partial charge in [0.2, 0.25) is 5.91 Å². The summed E-state index contributed by atoms with van der Waals surface area (Å²) >= 11 is 0. The van der Waals surface area contributed by atoms with E-state index in [1.54, 1.807) is 6.08 Å². The van der Waals surface area contributed by atoms with Gasteiger partial charge in [-0.25, -0.2) is 4.99 Å². The summed E-state index contributed by atoms with van der Waals surface area (Å²) in [5, 5.41) is 0. The minimum absolute atomic E-state index is 0.00786. The average Bonchev–Trinajstić information content (AvgIpc) is 3.06. The maximum Gasteiger partial charge on any atom is 0.232 e. The zero-order valence-corrected chi connectivity index (χ0v) is 17.1. The van der Waals surface area contributed by atoms with E-state index in [0.29, 0.717) is 37.2 Å². The zero-order chi connectivity index (χ0) is 20.4. The van der Waals surface area contributed by atoms with Crippen LogP contribution in [0.1, 0.15) is 24.3 Å². The van der Waals surface area contributed by atoms with Gasteiger partial charge in [0.25, 0.3) is 0 Å². The molecule has 3 aliphatic heterocycles. The Bertz CT molecular complexity index is 855. The number of likely N-dealkylation sites (N-methyl/N-ethyl adjacent to an activating group) is 1. The molecule has 1 aromatic rings. The molecule has 0 saturated carbocycles. The van der Waals surface area contributed by atoms with E-state index < -0.39 is 0 Å². The smallest absolute Gasteiger partial charge is 0.232 e. The summed E-state index contributed by atoms with van der Waals surface area (Å²) in [5.41, 5.74) is 2.85. The number of rotatable bonds is 5. The minimum atomic E-state index is 0.00786. The molecule has 0 bridgehead atoms. The molecule has 1 saturated heterocycles. The number of amides is 1. The van der Waals surface area contributed by atoms with Crippen molar-refractivity contribution in [3.8, 4) is 0 Å². The molecule has 154 valence electrons. The van der Waals surface area contributed by atoms with Crippen molar-refractivity contribution in [1.29, 1.82) is 0 Å². The first-order chi connectivity index (χ1) is 14.0. The molecule has 1 atom stereocenters. The van der Waals surface area contributed by atoms with E-state index in [1.165, 1.54) is 5.56 Å². The number of morpholine rings is 1. The van der Waals surface area contributed by atoms with E-state index in [9.17, 15) is 9.59 Å². The molecule has 3 heterocycles. The van der Waals surface area contributed by atoms with Gasteiger partial charge in [-0.2, -0.15) is 0 Å². The maximum absolute atomic E-state index is 13.2. The van der Waals surface area contributed by atoms with Crippen molar-refractivity contribution in [2.24, 2.45) is 4.99 Å². The molecule has 1 amide bonds. The van der Waals surface area contributed by atoms with Crippen molar-refractivity contribution in [3.05, 3.63) is 41.7 Å². The van der Waals surface area contributed by atoms with Crippen LogP contribution >= 0.6 is 0 Å². The lowest BCUT2D eigenvalue weighted by Gasteiger charge is -2.30. The highest BCUT2D eigenvalue weighted by molar-refractivity contribution is 6.16. The summed E-state index contributed by atoms with van der Waals surface area (Å²) in [6.45, 7) is 4.26. The van der Waals surface area contributed by atoms with Crippen LogP contribution in [-0.2, 0) is 14.3 Å². The molecule has 29 heavy (non-hydrogen) atoms. The lowest BCUT2D eigenvalue weighted by molar-refractivity contribution is -0.117. The van der Waals surface area contributed by atoms with Crippen molar-refractivity contribution in [2.45, 2.75) is 18.8 Å². The van der Waals surface area contributed by atoms with E-state index in [-0.39, 0.29) is 24.5 Å². The van der Waals surface area contributed by atoms with Crippen molar-refractivity contribution in [3.63, 3.8) is 0 Å². The second kappa shape index (κ2) is 8.47. The topological polar surface area (TPSA) is 65.4 Å². The Morgan fingerprint density at radius 2 is 2.00 bits per heavy atom. The van der Waals surface area contributed by atoms with E-state index in [0.717, 1.165) is 25.3 Å². The first-order valence-corrected chi connectivity index (χ1v) is 10.2. The Hall–Kier alpha value is -2.51. The number of nitrogens with zero attached hydrogens (tertiary/aromatic N) is 4. The van der Waals surface area contributed by atoms with Gasteiger partial charge < -0.3 is 19.4 Å². The van der Waals surface area contributed by atoms with Crippen molar-refractivity contribution in [1.82, 2.24) is 9.80 Å². The monoisotopic (exact) mass is 396 g/mol. The fourth-order valence-electron chi connectivity index (χ4n) is 4.29. The third-order valence-corrected chi connectivity index (χ3v) is 5.59. The predicted octanol–water partition coefficient (Wildman–Crippen LogP) is 1.66. The van der Waals surface area contributed by atoms with Gasteiger partial charge in [-0.05, 0) is 25.7 Å². The number of carbonyl (C=O) groups excluding carboxylic acids is 2. The Balaban J connectivity index is 1.49. The van der Waals surface area contributed by atoms with E-state index in [4.69, 9.17) is 4.74 Å². The number of ether oxygens (including phenoxy) is 1. The van der Waals surface area contributed by atoms with Crippen molar-refractivity contribution >= 4 is 23.1 Å². The number of para-hydroxylation sites is 1. The number of hydrogen-bond acceptors (Lipinski definition) is 6. The van der Waals surface area contributed by atoms with Crippen LogP contribution < -0.4 is 4.90 Å². The SMILES string of the molecule is CN(C)CC1CN(C(=O)CC2=NC(N3CCOCC3)=CC(=O)C2)c2ccccc21. The molecule has 0 radical (unpaired) electrons.